The number of rotatable bonds is 6. The number of aromatic amines is 1. The summed E-state index contributed by atoms with van der Waals surface area (Å²) in [5, 5.41) is 12.1. The maximum Gasteiger partial charge on any atom is 0.329 e. The van der Waals surface area contributed by atoms with E-state index in [1.54, 1.807) is 46.0 Å². The number of halogens is 1. The summed E-state index contributed by atoms with van der Waals surface area (Å²) < 4.78 is 1.17. The standard InChI is InChI=1S/C22H21ClN6O3/c1-11(2)17-18(19(30)14-6-12(3)5-13(7-14)9-24)29(22(32)28-20(17)31)10-15-8-16(25-4)27-21(23)26-15/h5-8,11H,10H2,1-4H3,(H,25,26,27)(H,28,31,32). The Morgan fingerprint density at radius 3 is 2.59 bits per heavy atom. The average Bonchev–Trinajstić information content (AvgIpc) is 2.73. The normalized spacial score (nSPS) is 10.8. The molecule has 0 radical (unpaired) electrons. The summed E-state index contributed by atoms with van der Waals surface area (Å²) in [4.78, 5) is 49.5. The van der Waals surface area contributed by atoms with Crippen LogP contribution in [0.2, 0.25) is 5.28 Å². The molecule has 0 aliphatic heterocycles. The molecule has 9 nitrogen and oxygen atoms in total. The minimum Gasteiger partial charge on any atom is -0.373 e. The number of nitriles is 1. The Labute approximate surface area is 188 Å². The van der Waals surface area contributed by atoms with Crippen LogP contribution in [0.4, 0.5) is 5.82 Å². The van der Waals surface area contributed by atoms with Gasteiger partial charge in [0.25, 0.3) is 5.56 Å². The number of carbonyl (C=O) groups excluding carboxylic acids is 1. The summed E-state index contributed by atoms with van der Waals surface area (Å²) >= 11 is 5.99. The monoisotopic (exact) mass is 452 g/mol. The summed E-state index contributed by atoms with van der Waals surface area (Å²) in [6.45, 7) is 5.15. The smallest absolute Gasteiger partial charge is 0.329 e. The minimum absolute atomic E-state index is 0.0290. The molecule has 3 rings (SSSR count). The predicted molar refractivity (Wildman–Crippen MR) is 120 cm³/mol. The van der Waals surface area contributed by atoms with E-state index in [9.17, 15) is 19.6 Å². The van der Waals surface area contributed by atoms with Crippen molar-refractivity contribution in [2.45, 2.75) is 33.2 Å². The van der Waals surface area contributed by atoms with Crippen LogP contribution in [0.15, 0.2) is 33.9 Å². The molecule has 0 saturated heterocycles. The van der Waals surface area contributed by atoms with E-state index in [4.69, 9.17) is 11.6 Å². The minimum atomic E-state index is -0.753. The highest BCUT2D eigenvalue weighted by atomic mass is 35.5. The van der Waals surface area contributed by atoms with Gasteiger partial charge < -0.3 is 5.32 Å². The number of ketones is 1. The number of anilines is 1. The van der Waals surface area contributed by atoms with Crippen LogP contribution in [-0.4, -0.2) is 32.3 Å². The van der Waals surface area contributed by atoms with Gasteiger partial charge in [-0.25, -0.2) is 14.8 Å². The Morgan fingerprint density at radius 2 is 1.97 bits per heavy atom. The number of nitrogens with one attached hydrogen (secondary N) is 2. The second kappa shape index (κ2) is 9.16. The Hall–Kier alpha value is -3.77. The van der Waals surface area contributed by atoms with Crippen LogP contribution < -0.4 is 16.6 Å². The molecule has 0 atom stereocenters. The number of aromatic nitrogens is 4. The first kappa shape index (κ1) is 22.9. The van der Waals surface area contributed by atoms with Crippen molar-refractivity contribution < 1.29 is 4.79 Å². The molecule has 0 amide bonds. The number of H-pyrrole nitrogens is 1. The molecular weight excluding hydrogens is 432 g/mol. The second-order valence-electron chi connectivity index (χ2n) is 7.55. The lowest BCUT2D eigenvalue weighted by atomic mass is 9.95. The van der Waals surface area contributed by atoms with Gasteiger partial charge >= 0.3 is 5.69 Å². The van der Waals surface area contributed by atoms with E-state index in [0.29, 0.717) is 22.6 Å². The van der Waals surface area contributed by atoms with E-state index in [-0.39, 0.29) is 34.6 Å². The first-order valence-electron chi connectivity index (χ1n) is 9.79. The van der Waals surface area contributed by atoms with Gasteiger partial charge in [-0.05, 0) is 48.2 Å². The van der Waals surface area contributed by atoms with Crippen molar-refractivity contribution in [2.24, 2.45) is 0 Å². The number of carbonyl (C=O) groups is 1. The van der Waals surface area contributed by atoms with E-state index in [0.717, 1.165) is 0 Å². The van der Waals surface area contributed by atoms with Crippen molar-refractivity contribution in [1.29, 1.82) is 5.26 Å². The van der Waals surface area contributed by atoms with Gasteiger partial charge in [-0.15, -0.1) is 0 Å². The third-order valence-electron chi connectivity index (χ3n) is 4.82. The van der Waals surface area contributed by atoms with Crippen LogP contribution in [0.3, 0.4) is 0 Å². The highest BCUT2D eigenvalue weighted by Gasteiger charge is 2.25. The van der Waals surface area contributed by atoms with Crippen molar-refractivity contribution in [3.8, 4) is 6.07 Å². The highest BCUT2D eigenvalue weighted by Crippen LogP contribution is 2.21. The van der Waals surface area contributed by atoms with Crippen molar-refractivity contribution in [3.05, 3.63) is 84.0 Å². The SMILES string of the molecule is CNc1cc(Cn2c(C(=O)c3cc(C)cc(C#N)c3)c(C(C)C)c(=O)[nH]c2=O)nc(Cl)n1. The summed E-state index contributed by atoms with van der Waals surface area (Å²) in [5.74, 6) is -0.454. The Kier molecular flexibility index (Phi) is 6.55. The maximum atomic E-state index is 13.6. The molecule has 0 spiro atoms. The van der Waals surface area contributed by atoms with Gasteiger partial charge in [0, 0.05) is 24.2 Å². The molecular formula is C22H21ClN6O3. The molecule has 32 heavy (non-hydrogen) atoms. The molecule has 2 N–H and O–H groups in total. The zero-order valence-electron chi connectivity index (χ0n) is 18.0. The lowest BCUT2D eigenvalue weighted by Crippen LogP contribution is -2.38. The van der Waals surface area contributed by atoms with E-state index < -0.39 is 17.0 Å². The van der Waals surface area contributed by atoms with Gasteiger partial charge in [0.15, 0.2) is 0 Å². The van der Waals surface area contributed by atoms with Crippen LogP contribution in [0.5, 0.6) is 0 Å². The Morgan fingerprint density at radius 1 is 1.25 bits per heavy atom. The van der Waals surface area contributed by atoms with Gasteiger partial charge in [-0.2, -0.15) is 5.26 Å². The van der Waals surface area contributed by atoms with Gasteiger partial charge in [0.1, 0.15) is 11.5 Å². The third-order valence-corrected chi connectivity index (χ3v) is 4.99. The highest BCUT2D eigenvalue weighted by molar-refractivity contribution is 6.28. The van der Waals surface area contributed by atoms with E-state index in [1.165, 1.54) is 10.6 Å². The largest absolute Gasteiger partial charge is 0.373 e. The molecule has 0 saturated carbocycles. The van der Waals surface area contributed by atoms with Gasteiger partial charge in [-0.1, -0.05) is 13.8 Å². The molecule has 10 heteroatoms. The fourth-order valence-corrected chi connectivity index (χ4v) is 3.67. The van der Waals surface area contributed by atoms with Gasteiger partial charge in [0.2, 0.25) is 11.1 Å². The average molecular weight is 453 g/mol. The fourth-order valence-electron chi connectivity index (χ4n) is 3.47. The molecule has 164 valence electrons. The number of nitrogens with zero attached hydrogens (tertiary/aromatic N) is 4. The second-order valence-corrected chi connectivity index (χ2v) is 7.89. The zero-order valence-corrected chi connectivity index (χ0v) is 18.7. The number of benzene rings is 1. The lowest BCUT2D eigenvalue weighted by molar-refractivity contribution is 0.102. The number of hydrogen-bond acceptors (Lipinski definition) is 7. The third kappa shape index (κ3) is 4.60. The Balaban J connectivity index is 2.29. The van der Waals surface area contributed by atoms with Crippen LogP contribution >= 0.6 is 11.6 Å². The summed E-state index contributed by atoms with van der Waals surface area (Å²) in [5.41, 5.74) is 0.324. The first-order chi connectivity index (χ1) is 15.1. The van der Waals surface area contributed by atoms with Gasteiger partial charge in [0.05, 0.1) is 23.9 Å². The molecule has 3 aromatic rings. The molecule has 2 aromatic heterocycles. The summed E-state index contributed by atoms with van der Waals surface area (Å²) in [6, 6.07) is 8.31. The summed E-state index contributed by atoms with van der Waals surface area (Å²) in [7, 11) is 1.66. The van der Waals surface area contributed by atoms with Gasteiger partial charge in [-0.3, -0.25) is 19.1 Å². The van der Waals surface area contributed by atoms with Crippen molar-refractivity contribution in [3.63, 3.8) is 0 Å². The molecule has 0 aliphatic carbocycles. The van der Waals surface area contributed by atoms with Crippen LogP contribution in [0, 0.1) is 18.3 Å². The lowest BCUT2D eigenvalue weighted by Gasteiger charge is -2.17. The first-order valence-corrected chi connectivity index (χ1v) is 10.2. The van der Waals surface area contributed by atoms with Crippen molar-refractivity contribution >= 4 is 23.2 Å². The number of aryl methyl sites for hydroxylation is 1. The Bertz CT molecular complexity index is 1370. The topological polar surface area (TPSA) is 134 Å². The molecule has 0 aliphatic rings. The van der Waals surface area contributed by atoms with Crippen LogP contribution in [0.25, 0.3) is 0 Å². The fraction of sp³-hybridized carbons (Fsp3) is 0.273. The van der Waals surface area contributed by atoms with Crippen molar-refractivity contribution in [1.82, 2.24) is 19.5 Å². The van der Waals surface area contributed by atoms with Crippen LogP contribution in [-0.2, 0) is 6.54 Å². The van der Waals surface area contributed by atoms with E-state index in [1.807, 2.05) is 6.07 Å². The van der Waals surface area contributed by atoms with E-state index >= 15 is 0 Å². The summed E-state index contributed by atoms with van der Waals surface area (Å²) in [6.07, 6.45) is 0. The predicted octanol–water partition coefficient (Wildman–Crippen LogP) is 2.60. The van der Waals surface area contributed by atoms with E-state index in [2.05, 4.69) is 20.3 Å². The zero-order chi connectivity index (χ0) is 23.6. The van der Waals surface area contributed by atoms with Crippen molar-refractivity contribution in [2.75, 3.05) is 12.4 Å². The number of hydrogen-bond donors (Lipinski definition) is 2. The molecule has 0 bridgehead atoms. The van der Waals surface area contributed by atoms with Crippen LogP contribution in [0.1, 0.15) is 58.2 Å². The quantitative estimate of drug-likeness (QED) is 0.433. The maximum absolute atomic E-state index is 13.6. The molecule has 0 fully saturated rings. The molecule has 0 unspecified atom stereocenters. The molecule has 2 heterocycles. The molecule has 1 aromatic carbocycles.